The molecule has 0 saturated carbocycles. The van der Waals surface area contributed by atoms with Crippen molar-refractivity contribution >= 4 is 22.5 Å². The van der Waals surface area contributed by atoms with E-state index in [9.17, 15) is 4.79 Å². The van der Waals surface area contributed by atoms with E-state index in [1.54, 1.807) is 6.07 Å². The monoisotopic (exact) mass is 276 g/mol. The van der Waals surface area contributed by atoms with Gasteiger partial charge in [0.2, 0.25) is 0 Å². The molecule has 6 heteroatoms. The maximum atomic E-state index is 11.2. The SMILES string of the molecule is CC(CNc1cc2[nH]c(=O)oc2cc1N)N1CCCC1. The average molecular weight is 276 g/mol. The maximum Gasteiger partial charge on any atom is 0.417 e. The summed E-state index contributed by atoms with van der Waals surface area (Å²) >= 11 is 0. The fourth-order valence-corrected chi connectivity index (χ4v) is 2.74. The van der Waals surface area contributed by atoms with Gasteiger partial charge in [-0.1, -0.05) is 0 Å². The highest BCUT2D eigenvalue weighted by atomic mass is 16.4. The summed E-state index contributed by atoms with van der Waals surface area (Å²) in [5.74, 6) is -0.456. The molecule has 0 amide bonds. The zero-order chi connectivity index (χ0) is 14.1. The van der Waals surface area contributed by atoms with Gasteiger partial charge in [-0.2, -0.15) is 0 Å². The Morgan fingerprint density at radius 3 is 2.95 bits per heavy atom. The molecule has 4 N–H and O–H groups in total. The molecule has 0 bridgehead atoms. The number of likely N-dealkylation sites (tertiary alicyclic amines) is 1. The molecule has 0 spiro atoms. The molecule has 1 aromatic carbocycles. The molecule has 0 aliphatic carbocycles. The van der Waals surface area contributed by atoms with Crippen LogP contribution in [0.2, 0.25) is 0 Å². The molecule has 1 atom stereocenters. The number of benzene rings is 1. The summed E-state index contributed by atoms with van der Waals surface area (Å²) in [5.41, 5.74) is 8.57. The van der Waals surface area contributed by atoms with E-state index >= 15 is 0 Å². The molecule has 1 aliphatic rings. The third-order valence-electron chi connectivity index (χ3n) is 3.94. The number of H-pyrrole nitrogens is 1. The van der Waals surface area contributed by atoms with Crippen LogP contribution in [0.5, 0.6) is 0 Å². The number of oxazole rings is 1. The van der Waals surface area contributed by atoms with Gasteiger partial charge >= 0.3 is 5.76 Å². The molecule has 1 unspecified atom stereocenters. The van der Waals surface area contributed by atoms with Crippen LogP contribution in [-0.4, -0.2) is 35.6 Å². The maximum absolute atomic E-state index is 11.2. The molecule has 1 aromatic heterocycles. The molecule has 3 rings (SSSR count). The van der Waals surface area contributed by atoms with E-state index in [4.69, 9.17) is 10.2 Å². The fraction of sp³-hybridized carbons (Fsp3) is 0.500. The molecule has 108 valence electrons. The first-order valence-corrected chi connectivity index (χ1v) is 7.04. The van der Waals surface area contributed by atoms with Crippen LogP contribution in [0, 0.1) is 0 Å². The highest BCUT2D eigenvalue weighted by Crippen LogP contribution is 2.24. The van der Waals surface area contributed by atoms with E-state index in [1.165, 1.54) is 25.9 Å². The number of hydrogen-bond donors (Lipinski definition) is 3. The predicted molar refractivity (Wildman–Crippen MR) is 80.0 cm³/mol. The summed E-state index contributed by atoms with van der Waals surface area (Å²) in [6, 6.07) is 3.97. The van der Waals surface area contributed by atoms with E-state index in [2.05, 4.69) is 22.1 Å². The van der Waals surface area contributed by atoms with Gasteiger partial charge in [0.25, 0.3) is 0 Å². The van der Waals surface area contributed by atoms with Crippen molar-refractivity contribution in [3.05, 3.63) is 22.7 Å². The molecule has 1 fully saturated rings. The topological polar surface area (TPSA) is 87.3 Å². The zero-order valence-corrected chi connectivity index (χ0v) is 11.6. The van der Waals surface area contributed by atoms with E-state index in [0.29, 0.717) is 22.8 Å². The summed E-state index contributed by atoms with van der Waals surface area (Å²) in [7, 11) is 0. The van der Waals surface area contributed by atoms with Crippen molar-refractivity contribution in [1.82, 2.24) is 9.88 Å². The molecule has 6 nitrogen and oxygen atoms in total. The Kier molecular flexibility index (Phi) is 3.40. The molecular formula is C14H20N4O2. The first-order chi connectivity index (χ1) is 9.63. The minimum atomic E-state index is -0.456. The van der Waals surface area contributed by atoms with Gasteiger partial charge < -0.3 is 15.5 Å². The first-order valence-electron chi connectivity index (χ1n) is 7.04. The van der Waals surface area contributed by atoms with Gasteiger partial charge in [0.15, 0.2) is 5.58 Å². The molecule has 20 heavy (non-hydrogen) atoms. The minimum absolute atomic E-state index is 0.456. The average Bonchev–Trinajstić information content (AvgIpc) is 3.03. The van der Waals surface area contributed by atoms with Crippen molar-refractivity contribution in [3.63, 3.8) is 0 Å². The van der Waals surface area contributed by atoms with E-state index in [0.717, 1.165) is 12.2 Å². The summed E-state index contributed by atoms with van der Waals surface area (Å²) < 4.78 is 4.98. The molecular weight excluding hydrogens is 256 g/mol. The number of nitrogens with one attached hydrogen (secondary N) is 2. The van der Waals surface area contributed by atoms with Crippen LogP contribution in [0.3, 0.4) is 0 Å². The summed E-state index contributed by atoms with van der Waals surface area (Å²) in [6.45, 7) is 5.39. The van der Waals surface area contributed by atoms with E-state index in [1.807, 2.05) is 6.07 Å². The number of fused-ring (bicyclic) bond motifs is 1. The van der Waals surface area contributed by atoms with Crippen LogP contribution < -0.4 is 16.8 Å². The lowest BCUT2D eigenvalue weighted by atomic mass is 10.2. The van der Waals surface area contributed by atoms with Gasteiger partial charge in [0.1, 0.15) is 0 Å². The van der Waals surface area contributed by atoms with Crippen molar-refractivity contribution in [2.24, 2.45) is 0 Å². The van der Waals surface area contributed by atoms with E-state index < -0.39 is 5.76 Å². The Bertz CT molecular complexity index is 655. The number of nitrogens with zero attached hydrogens (tertiary/aromatic N) is 1. The summed E-state index contributed by atoms with van der Waals surface area (Å²) in [4.78, 5) is 16.3. The molecule has 1 aliphatic heterocycles. The third kappa shape index (κ3) is 2.51. The Hall–Kier alpha value is -1.95. The standard InChI is InChI=1S/C14H20N4O2/c1-9(18-4-2-3-5-18)8-16-11-7-12-13(6-10(11)15)20-14(19)17-12/h6-7,9,16H,2-5,8,15H2,1H3,(H,17,19). The number of aromatic amines is 1. The quantitative estimate of drug-likeness (QED) is 0.738. The Morgan fingerprint density at radius 2 is 2.20 bits per heavy atom. The number of nitrogen functional groups attached to an aromatic ring is 1. The Labute approximate surface area is 116 Å². The van der Waals surface area contributed by atoms with Gasteiger partial charge in [-0.3, -0.25) is 9.88 Å². The number of nitrogens with two attached hydrogens (primary N) is 1. The fourth-order valence-electron chi connectivity index (χ4n) is 2.74. The van der Waals surface area contributed by atoms with Crippen molar-refractivity contribution in [3.8, 4) is 0 Å². The van der Waals surface area contributed by atoms with Gasteiger partial charge in [0, 0.05) is 18.7 Å². The van der Waals surface area contributed by atoms with Crippen molar-refractivity contribution in [2.45, 2.75) is 25.8 Å². The lowest BCUT2D eigenvalue weighted by molar-refractivity contribution is 0.269. The first kappa shape index (κ1) is 13.1. The smallest absolute Gasteiger partial charge is 0.408 e. The predicted octanol–water partition coefficient (Wildman–Crippen LogP) is 1.60. The largest absolute Gasteiger partial charge is 0.417 e. The number of rotatable bonds is 4. The van der Waals surface area contributed by atoms with Crippen LogP contribution >= 0.6 is 0 Å². The van der Waals surface area contributed by atoms with Crippen molar-refractivity contribution in [2.75, 3.05) is 30.7 Å². The molecule has 2 aromatic rings. The van der Waals surface area contributed by atoms with Gasteiger partial charge in [-0.15, -0.1) is 0 Å². The molecule has 1 saturated heterocycles. The second-order valence-electron chi connectivity index (χ2n) is 5.42. The number of hydrogen-bond acceptors (Lipinski definition) is 5. The van der Waals surface area contributed by atoms with Crippen molar-refractivity contribution < 1.29 is 4.42 Å². The Balaban J connectivity index is 1.73. The van der Waals surface area contributed by atoms with E-state index in [-0.39, 0.29) is 0 Å². The van der Waals surface area contributed by atoms with Crippen LogP contribution in [0.4, 0.5) is 11.4 Å². The lowest BCUT2D eigenvalue weighted by Gasteiger charge is -2.24. The zero-order valence-electron chi connectivity index (χ0n) is 11.6. The molecule has 0 radical (unpaired) electrons. The van der Waals surface area contributed by atoms with Crippen molar-refractivity contribution in [1.29, 1.82) is 0 Å². The van der Waals surface area contributed by atoms with Gasteiger partial charge in [-0.25, -0.2) is 4.79 Å². The number of anilines is 2. The number of aromatic nitrogens is 1. The second kappa shape index (κ2) is 5.20. The Morgan fingerprint density at radius 1 is 1.45 bits per heavy atom. The van der Waals surface area contributed by atoms with Crippen LogP contribution in [-0.2, 0) is 0 Å². The molecule has 2 heterocycles. The van der Waals surface area contributed by atoms with Gasteiger partial charge in [-0.05, 0) is 38.9 Å². The second-order valence-corrected chi connectivity index (χ2v) is 5.42. The summed E-state index contributed by atoms with van der Waals surface area (Å²) in [5, 5.41) is 3.36. The highest BCUT2D eigenvalue weighted by Gasteiger charge is 2.18. The van der Waals surface area contributed by atoms with Crippen LogP contribution in [0.1, 0.15) is 19.8 Å². The minimum Gasteiger partial charge on any atom is -0.408 e. The lowest BCUT2D eigenvalue weighted by Crippen LogP contribution is -2.35. The van der Waals surface area contributed by atoms with Crippen LogP contribution in [0.15, 0.2) is 21.3 Å². The third-order valence-corrected chi connectivity index (χ3v) is 3.94. The normalized spacial score (nSPS) is 17.6. The van der Waals surface area contributed by atoms with Gasteiger partial charge in [0.05, 0.1) is 16.9 Å². The highest BCUT2D eigenvalue weighted by molar-refractivity contribution is 5.85. The van der Waals surface area contributed by atoms with Crippen LogP contribution in [0.25, 0.3) is 11.1 Å². The summed E-state index contributed by atoms with van der Waals surface area (Å²) in [6.07, 6.45) is 2.57.